The van der Waals surface area contributed by atoms with E-state index in [0.29, 0.717) is 11.3 Å². The summed E-state index contributed by atoms with van der Waals surface area (Å²) >= 11 is 3.37. The average Bonchev–Trinajstić information content (AvgIpc) is 2.77. The van der Waals surface area contributed by atoms with Crippen molar-refractivity contribution in [2.24, 2.45) is 0 Å². The summed E-state index contributed by atoms with van der Waals surface area (Å²) in [6, 6.07) is 35.3. The second-order valence-corrected chi connectivity index (χ2v) is 7.44. The first-order valence-electron chi connectivity index (χ1n) is 9.27. The van der Waals surface area contributed by atoms with Gasteiger partial charge in [-0.3, -0.25) is 0 Å². The molecule has 4 aromatic rings. The SMILES string of the molecule is O=C(Oc1ccc([C](c2ccccc2)c2ccccc2)cc1)c1ccc(Br)cc1. The lowest BCUT2D eigenvalue weighted by Crippen LogP contribution is -2.09. The quantitative estimate of drug-likeness (QED) is 0.196. The van der Waals surface area contributed by atoms with Crippen molar-refractivity contribution in [1.82, 2.24) is 0 Å². The Bertz CT molecular complexity index is 1030. The summed E-state index contributed by atoms with van der Waals surface area (Å²) in [6.07, 6.45) is 0. The lowest BCUT2D eigenvalue weighted by molar-refractivity contribution is 0.0734. The number of rotatable bonds is 5. The highest BCUT2D eigenvalue weighted by Crippen LogP contribution is 2.31. The van der Waals surface area contributed by atoms with E-state index in [1.807, 2.05) is 72.8 Å². The van der Waals surface area contributed by atoms with E-state index in [9.17, 15) is 4.79 Å². The molecule has 29 heavy (non-hydrogen) atoms. The Hall–Kier alpha value is -3.17. The number of carbonyl (C=O) groups excluding carboxylic acids is 1. The van der Waals surface area contributed by atoms with E-state index in [0.717, 1.165) is 27.1 Å². The molecule has 0 aliphatic carbocycles. The molecule has 0 heterocycles. The van der Waals surface area contributed by atoms with Crippen LogP contribution in [0, 0.1) is 5.92 Å². The molecule has 0 bridgehead atoms. The van der Waals surface area contributed by atoms with E-state index in [4.69, 9.17) is 4.74 Å². The predicted molar refractivity (Wildman–Crippen MR) is 119 cm³/mol. The van der Waals surface area contributed by atoms with Crippen molar-refractivity contribution < 1.29 is 9.53 Å². The molecule has 0 amide bonds. The normalized spacial score (nSPS) is 10.7. The zero-order chi connectivity index (χ0) is 20.1. The van der Waals surface area contributed by atoms with E-state index < -0.39 is 0 Å². The monoisotopic (exact) mass is 441 g/mol. The van der Waals surface area contributed by atoms with Crippen molar-refractivity contribution in [3.05, 3.63) is 142 Å². The molecule has 0 N–H and O–H groups in total. The number of ether oxygens (including phenoxy) is 1. The van der Waals surface area contributed by atoms with Crippen LogP contribution in [0.4, 0.5) is 0 Å². The van der Waals surface area contributed by atoms with Crippen LogP contribution < -0.4 is 4.74 Å². The van der Waals surface area contributed by atoms with Crippen molar-refractivity contribution in [2.75, 3.05) is 0 Å². The van der Waals surface area contributed by atoms with Gasteiger partial charge in [0.25, 0.3) is 0 Å². The Balaban J connectivity index is 1.59. The van der Waals surface area contributed by atoms with E-state index in [2.05, 4.69) is 40.2 Å². The Morgan fingerprint density at radius 1 is 0.552 bits per heavy atom. The number of esters is 1. The molecular weight excluding hydrogens is 424 g/mol. The van der Waals surface area contributed by atoms with Gasteiger partial charge in [-0.25, -0.2) is 4.79 Å². The smallest absolute Gasteiger partial charge is 0.343 e. The summed E-state index contributed by atoms with van der Waals surface area (Å²) < 4.78 is 6.44. The van der Waals surface area contributed by atoms with E-state index in [1.54, 1.807) is 12.1 Å². The zero-order valence-corrected chi connectivity index (χ0v) is 17.2. The van der Waals surface area contributed by atoms with Crippen molar-refractivity contribution in [1.29, 1.82) is 0 Å². The minimum Gasteiger partial charge on any atom is -0.423 e. The molecule has 3 heteroatoms. The van der Waals surface area contributed by atoms with Crippen molar-refractivity contribution in [3.8, 4) is 5.75 Å². The maximum atomic E-state index is 12.3. The van der Waals surface area contributed by atoms with Crippen LogP contribution in [-0.2, 0) is 0 Å². The highest BCUT2D eigenvalue weighted by molar-refractivity contribution is 9.10. The molecule has 0 saturated heterocycles. The molecule has 0 fully saturated rings. The number of benzene rings is 4. The third-order valence-electron chi connectivity index (χ3n) is 4.56. The van der Waals surface area contributed by atoms with Crippen LogP contribution in [-0.4, -0.2) is 5.97 Å². The first kappa shape index (κ1) is 19.2. The van der Waals surface area contributed by atoms with Gasteiger partial charge in [-0.05, 0) is 53.1 Å². The van der Waals surface area contributed by atoms with Crippen LogP contribution in [0.1, 0.15) is 27.0 Å². The van der Waals surface area contributed by atoms with Gasteiger partial charge in [-0.15, -0.1) is 0 Å². The van der Waals surface area contributed by atoms with Crippen molar-refractivity contribution in [3.63, 3.8) is 0 Å². The fourth-order valence-electron chi connectivity index (χ4n) is 3.15. The Morgan fingerprint density at radius 3 is 1.52 bits per heavy atom. The first-order chi connectivity index (χ1) is 14.2. The van der Waals surface area contributed by atoms with Gasteiger partial charge in [0.2, 0.25) is 0 Å². The van der Waals surface area contributed by atoms with Gasteiger partial charge in [-0.2, -0.15) is 0 Å². The highest BCUT2D eigenvalue weighted by atomic mass is 79.9. The second kappa shape index (κ2) is 8.89. The maximum absolute atomic E-state index is 12.3. The zero-order valence-electron chi connectivity index (χ0n) is 15.6. The second-order valence-electron chi connectivity index (χ2n) is 6.53. The molecule has 0 aliphatic rings. The predicted octanol–water partition coefficient (Wildman–Crippen LogP) is 6.69. The largest absolute Gasteiger partial charge is 0.423 e. The van der Waals surface area contributed by atoms with Crippen LogP contribution in [0.25, 0.3) is 0 Å². The van der Waals surface area contributed by atoms with Gasteiger partial charge in [0.05, 0.1) is 11.5 Å². The fraction of sp³-hybridized carbons (Fsp3) is 0. The van der Waals surface area contributed by atoms with Gasteiger partial charge in [0, 0.05) is 4.47 Å². The summed E-state index contributed by atoms with van der Waals surface area (Å²) in [5.74, 6) is 1.28. The molecule has 0 aliphatic heterocycles. The lowest BCUT2D eigenvalue weighted by atomic mass is 9.85. The van der Waals surface area contributed by atoms with Crippen molar-refractivity contribution >= 4 is 21.9 Å². The van der Waals surface area contributed by atoms with E-state index in [1.165, 1.54) is 0 Å². The number of halogens is 1. The van der Waals surface area contributed by atoms with Gasteiger partial charge in [-0.1, -0.05) is 88.7 Å². The van der Waals surface area contributed by atoms with Crippen LogP contribution in [0.2, 0.25) is 0 Å². The van der Waals surface area contributed by atoms with Gasteiger partial charge in [0.15, 0.2) is 0 Å². The summed E-state index contributed by atoms with van der Waals surface area (Å²) in [5, 5.41) is 0. The Labute approximate surface area is 178 Å². The molecule has 4 aromatic carbocycles. The lowest BCUT2D eigenvalue weighted by Gasteiger charge is -2.18. The molecule has 1 radical (unpaired) electrons. The summed E-state index contributed by atoms with van der Waals surface area (Å²) in [4.78, 5) is 12.3. The standard InChI is InChI=1S/C26H18BrO2/c27-23-15-11-22(12-16-23)26(28)29-24-17-13-21(14-18-24)25(19-7-3-1-4-8-19)20-9-5-2-6-10-20/h1-18H. The molecule has 2 nitrogen and oxygen atoms in total. The topological polar surface area (TPSA) is 26.3 Å². The van der Waals surface area contributed by atoms with Gasteiger partial charge in [0.1, 0.15) is 5.75 Å². The molecule has 0 unspecified atom stereocenters. The molecule has 4 rings (SSSR count). The first-order valence-corrected chi connectivity index (χ1v) is 10.1. The third kappa shape index (κ3) is 4.64. The third-order valence-corrected chi connectivity index (χ3v) is 5.09. The van der Waals surface area contributed by atoms with Crippen LogP contribution in [0.5, 0.6) is 5.75 Å². The molecule has 0 aromatic heterocycles. The average molecular weight is 442 g/mol. The Kier molecular flexibility index (Phi) is 5.87. The number of carbonyl (C=O) groups is 1. The molecule has 0 spiro atoms. The maximum Gasteiger partial charge on any atom is 0.343 e. The van der Waals surface area contributed by atoms with Crippen LogP contribution in [0.15, 0.2) is 114 Å². The summed E-state index contributed by atoms with van der Waals surface area (Å²) in [7, 11) is 0. The number of hydrogen-bond donors (Lipinski definition) is 0. The number of hydrogen-bond acceptors (Lipinski definition) is 2. The summed E-state index contributed by atoms with van der Waals surface area (Å²) in [6.45, 7) is 0. The fourth-order valence-corrected chi connectivity index (χ4v) is 3.42. The summed E-state index contributed by atoms with van der Waals surface area (Å²) in [5.41, 5.74) is 3.85. The minimum absolute atomic E-state index is 0.374. The Morgan fingerprint density at radius 2 is 1.00 bits per heavy atom. The molecule has 0 saturated carbocycles. The van der Waals surface area contributed by atoms with E-state index >= 15 is 0 Å². The van der Waals surface area contributed by atoms with Crippen LogP contribution in [0.3, 0.4) is 0 Å². The highest BCUT2D eigenvalue weighted by Gasteiger charge is 2.18. The molecule has 141 valence electrons. The van der Waals surface area contributed by atoms with Crippen molar-refractivity contribution in [2.45, 2.75) is 0 Å². The van der Waals surface area contributed by atoms with Crippen LogP contribution >= 0.6 is 15.9 Å². The van der Waals surface area contributed by atoms with Gasteiger partial charge >= 0.3 is 5.97 Å². The molecular formula is C26H18BrO2. The molecule has 0 atom stereocenters. The minimum atomic E-state index is -0.374. The van der Waals surface area contributed by atoms with Gasteiger partial charge < -0.3 is 4.74 Å². The van der Waals surface area contributed by atoms with E-state index in [-0.39, 0.29) is 5.97 Å².